The fourth-order valence-corrected chi connectivity index (χ4v) is 3.72. The Morgan fingerprint density at radius 3 is 1.57 bits per heavy atom. The van der Waals surface area contributed by atoms with Crippen molar-refractivity contribution in [3.05, 3.63) is 96.6 Å². The molecule has 0 N–H and O–H groups in total. The van der Waals surface area contributed by atoms with Crippen molar-refractivity contribution < 1.29 is 14.4 Å². The Bertz CT molecular complexity index is 912. The van der Waals surface area contributed by atoms with Gasteiger partial charge in [0.05, 0.1) is 0 Å². The molecule has 2 atom stereocenters. The SMILES string of the molecule is C=CCCCC(=O)C(C)Cc1ccccc1.CC(=O)/C=C/CCCC(=O)C(C)Cc1ccccc1. The number of unbranched alkanes of at least 4 members (excludes halogenated alkanes) is 2. The number of hydrogen-bond donors (Lipinski definition) is 0. The Morgan fingerprint density at radius 2 is 1.17 bits per heavy atom. The van der Waals surface area contributed by atoms with E-state index in [4.69, 9.17) is 0 Å². The lowest BCUT2D eigenvalue weighted by Crippen LogP contribution is -2.13. The maximum Gasteiger partial charge on any atom is 0.152 e. The van der Waals surface area contributed by atoms with Gasteiger partial charge >= 0.3 is 0 Å². The monoisotopic (exact) mass is 474 g/mol. The summed E-state index contributed by atoms with van der Waals surface area (Å²) in [6, 6.07) is 20.3. The summed E-state index contributed by atoms with van der Waals surface area (Å²) in [5.74, 6) is 0.931. The molecular formula is C32H42O3. The van der Waals surface area contributed by atoms with Crippen LogP contribution in [-0.2, 0) is 27.2 Å². The first-order valence-electron chi connectivity index (χ1n) is 12.7. The quantitative estimate of drug-likeness (QED) is 0.152. The van der Waals surface area contributed by atoms with E-state index in [2.05, 4.69) is 30.8 Å². The van der Waals surface area contributed by atoms with Crippen LogP contribution in [0.25, 0.3) is 0 Å². The fraction of sp³-hybridized carbons (Fsp3) is 0.406. The molecule has 0 spiro atoms. The largest absolute Gasteiger partial charge is 0.299 e. The number of Topliss-reactive ketones (excluding diaryl/α,β-unsaturated/α-hetero) is 2. The normalized spacial score (nSPS) is 12.3. The highest BCUT2D eigenvalue weighted by Gasteiger charge is 2.13. The minimum Gasteiger partial charge on any atom is -0.299 e. The van der Waals surface area contributed by atoms with Crippen LogP contribution in [0.1, 0.15) is 70.4 Å². The molecule has 3 nitrogen and oxygen atoms in total. The van der Waals surface area contributed by atoms with Gasteiger partial charge in [0.2, 0.25) is 0 Å². The predicted molar refractivity (Wildman–Crippen MR) is 146 cm³/mol. The summed E-state index contributed by atoms with van der Waals surface area (Å²) in [4.78, 5) is 34.4. The molecule has 0 aliphatic carbocycles. The highest BCUT2D eigenvalue weighted by molar-refractivity contribution is 5.87. The summed E-state index contributed by atoms with van der Waals surface area (Å²) >= 11 is 0. The molecular weight excluding hydrogens is 432 g/mol. The molecule has 3 heteroatoms. The van der Waals surface area contributed by atoms with Gasteiger partial charge in [-0.15, -0.1) is 6.58 Å². The zero-order valence-corrected chi connectivity index (χ0v) is 21.7. The summed E-state index contributed by atoms with van der Waals surface area (Å²) in [6.07, 6.45) is 11.7. The molecule has 0 fully saturated rings. The van der Waals surface area contributed by atoms with E-state index in [-0.39, 0.29) is 17.6 Å². The Kier molecular flexibility index (Phi) is 15.7. The second-order valence-corrected chi connectivity index (χ2v) is 9.20. The third kappa shape index (κ3) is 14.7. The van der Waals surface area contributed by atoms with Crippen molar-refractivity contribution in [3.8, 4) is 0 Å². The van der Waals surface area contributed by atoms with Gasteiger partial charge in [-0.1, -0.05) is 86.7 Å². The fourth-order valence-electron chi connectivity index (χ4n) is 3.72. The second-order valence-electron chi connectivity index (χ2n) is 9.20. The Balaban J connectivity index is 0.000000355. The molecule has 0 aliphatic heterocycles. The standard InChI is InChI=1S/C17H22O2.C15H20O/c1-14(13-16-10-6-4-7-11-16)17(19)12-8-3-5-9-15(2)18;1-3-4-6-11-15(16)13(2)12-14-9-7-5-8-10-14/h4-7,9-11,14H,3,8,12-13H2,1-2H3;3,5,7-10,13H,1,4,6,11-12H2,2H3/b9-5+;. The maximum absolute atomic E-state index is 12.0. The molecule has 2 aromatic rings. The summed E-state index contributed by atoms with van der Waals surface area (Å²) in [5.41, 5.74) is 2.45. The van der Waals surface area contributed by atoms with Gasteiger partial charge in [-0.25, -0.2) is 0 Å². The van der Waals surface area contributed by atoms with Crippen molar-refractivity contribution in [2.24, 2.45) is 11.8 Å². The molecule has 2 rings (SSSR count). The van der Waals surface area contributed by atoms with Gasteiger partial charge in [0.15, 0.2) is 5.78 Å². The highest BCUT2D eigenvalue weighted by Crippen LogP contribution is 2.13. The van der Waals surface area contributed by atoms with Crippen molar-refractivity contribution in [3.63, 3.8) is 0 Å². The van der Waals surface area contributed by atoms with E-state index in [0.717, 1.165) is 38.5 Å². The first kappa shape index (κ1) is 30.0. The molecule has 0 saturated carbocycles. The molecule has 0 aromatic heterocycles. The van der Waals surface area contributed by atoms with E-state index in [0.29, 0.717) is 24.4 Å². The van der Waals surface area contributed by atoms with Gasteiger partial charge in [-0.05, 0) is 62.7 Å². The highest BCUT2D eigenvalue weighted by atomic mass is 16.1. The molecule has 35 heavy (non-hydrogen) atoms. The van der Waals surface area contributed by atoms with Gasteiger partial charge in [0.25, 0.3) is 0 Å². The molecule has 0 bridgehead atoms. The minimum atomic E-state index is 0.0590. The number of ketones is 3. The lowest BCUT2D eigenvalue weighted by Gasteiger charge is -2.09. The van der Waals surface area contributed by atoms with Crippen LogP contribution in [0.15, 0.2) is 85.5 Å². The predicted octanol–water partition coefficient (Wildman–Crippen LogP) is 7.54. The van der Waals surface area contributed by atoms with E-state index >= 15 is 0 Å². The van der Waals surface area contributed by atoms with Crippen molar-refractivity contribution in [1.82, 2.24) is 0 Å². The van der Waals surface area contributed by atoms with Crippen LogP contribution in [0.5, 0.6) is 0 Å². The van der Waals surface area contributed by atoms with Crippen molar-refractivity contribution in [2.75, 3.05) is 0 Å². The molecule has 2 unspecified atom stereocenters. The van der Waals surface area contributed by atoms with Crippen LogP contribution in [0, 0.1) is 11.8 Å². The third-order valence-corrected chi connectivity index (χ3v) is 5.85. The summed E-state index contributed by atoms with van der Waals surface area (Å²) in [6.45, 7) is 9.19. The number of carbonyl (C=O) groups excluding carboxylic acids is 3. The summed E-state index contributed by atoms with van der Waals surface area (Å²) in [5, 5.41) is 0. The van der Waals surface area contributed by atoms with Crippen LogP contribution in [0.4, 0.5) is 0 Å². The number of benzene rings is 2. The smallest absolute Gasteiger partial charge is 0.152 e. The number of carbonyl (C=O) groups is 3. The molecule has 188 valence electrons. The lowest BCUT2D eigenvalue weighted by atomic mass is 9.94. The lowest BCUT2D eigenvalue weighted by molar-refractivity contribution is -0.123. The van der Waals surface area contributed by atoms with Crippen molar-refractivity contribution in [1.29, 1.82) is 0 Å². The number of allylic oxidation sites excluding steroid dienone is 3. The molecule has 0 amide bonds. The summed E-state index contributed by atoms with van der Waals surface area (Å²) in [7, 11) is 0. The zero-order valence-electron chi connectivity index (χ0n) is 21.7. The molecule has 0 aliphatic rings. The van der Waals surface area contributed by atoms with Gasteiger partial charge in [0.1, 0.15) is 11.6 Å². The van der Waals surface area contributed by atoms with Crippen molar-refractivity contribution >= 4 is 17.3 Å². The van der Waals surface area contributed by atoms with E-state index < -0.39 is 0 Å². The topological polar surface area (TPSA) is 51.2 Å². The minimum absolute atomic E-state index is 0.0590. The molecule has 0 saturated heterocycles. The first-order valence-corrected chi connectivity index (χ1v) is 12.7. The van der Waals surface area contributed by atoms with Gasteiger partial charge in [-0.2, -0.15) is 0 Å². The van der Waals surface area contributed by atoms with Crippen LogP contribution in [-0.4, -0.2) is 17.3 Å². The van der Waals surface area contributed by atoms with Crippen LogP contribution in [0.3, 0.4) is 0 Å². The number of rotatable bonds is 15. The summed E-state index contributed by atoms with van der Waals surface area (Å²) < 4.78 is 0. The van der Waals surface area contributed by atoms with E-state index in [9.17, 15) is 14.4 Å². The molecule has 0 radical (unpaired) electrons. The second kappa shape index (κ2) is 18.3. The maximum atomic E-state index is 12.0. The Morgan fingerprint density at radius 1 is 0.743 bits per heavy atom. The van der Waals surface area contributed by atoms with Gasteiger partial charge in [-0.3, -0.25) is 14.4 Å². The Hall–Kier alpha value is -3.07. The van der Waals surface area contributed by atoms with Crippen LogP contribution >= 0.6 is 0 Å². The number of hydrogen-bond acceptors (Lipinski definition) is 3. The third-order valence-electron chi connectivity index (χ3n) is 5.85. The van der Waals surface area contributed by atoms with Crippen LogP contribution < -0.4 is 0 Å². The van der Waals surface area contributed by atoms with E-state index in [1.54, 1.807) is 6.08 Å². The van der Waals surface area contributed by atoms with Crippen molar-refractivity contribution in [2.45, 2.75) is 72.1 Å². The average molecular weight is 475 g/mol. The zero-order chi connectivity index (χ0) is 25.9. The van der Waals surface area contributed by atoms with E-state index in [1.165, 1.54) is 18.1 Å². The molecule has 0 heterocycles. The van der Waals surface area contributed by atoms with Gasteiger partial charge in [0, 0.05) is 24.7 Å². The van der Waals surface area contributed by atoms with Crippen LogP contribution in [0.2, 0.25) is 0 Å². The first-order chi connectivity index (χ1) is 16.8. The van der Waals surface area contributed by atoms with E-state index in [1.807, 2.05) is 62.4 Å². The Labute approximate surface area is 212 Å². The van der Waals surface area contributed by atoms with Gasteiger partial charge < -0.3 is 0 Å². The average Bonchev–Trinajstić information content (AvgIpc) is 2.85. The molecule has 2 aromatic carbocycles.